The lowest BCUT2D eigenvalue weighted by Gasteiger charge is -2.15. The predicted octanol–water partition coefficient (Wildman–Crippen LogP) is 4.35. The minimum atomic E-state index is -0.618. The normalized spacial score (nSPS) is 10.4. The van der Waals surface area contributed by atoms with Gasteiger partial charge in [0.1, 0.15) is 6.61 Å². The molecule has 21 heavy (non-hydrogen) atoms. The summed E-state index contributed by atoms with van der Waals surface area (Å²) in [5, 5.41) is 0.796. The first kappa shape index (κ1) is 15.9. The fourth-order valence-electron chi connectivity index (χ4n) is 1.78. The number of hydrogen-bond donors (Lipinski definition) is 1. The van der Waals surface area contributed by atoms with Crippen LogP contribution in [0, 0.1) is 0 Å². The molecule has 0 aromatic heterocycles. The predicted molar refractivity (Wildman–Crippen MR) is 84.9 cm³/mol. The Morgan fingerprint density at radius 1 is 1.19 bits per heavy atom. The molecular formula is C15H14ClNO3S. The summed E-state index contributed by atoms with van der Waals surface area (Å²) in [6.07, 6.45) is 0. The molecule has 6 heteroatoms. The summed E-state index contributed by atoms with van der Waals surface area (Å²) < 4.78 is 0. The third-order valence-electron chi connectivity index (χ3n) is 2.78. The first-order valence-electron chi connectivity index (χ1n) is 6.15. The average Bonchev–Trinajstić information content (AvgIpc) is 2.48. The second kappa shape index (κ2) is 7.47. The molecule has 0 unspecified atom stereocenters. The monoisotopic (exact) mass is 323 g/mol. The number of thiol groups is 1. The van der Waals surface area contributed by atoms with Crippen LogP contribution in [0.25, 0.3) is 11.1 Å². The SMILES string of the molecule is CON(OCc1ccc(-c2cccc(Cl)c2)cc1)C(=O)S. The van der Waals surface area contributed by atoms with E-state index >= 15 is 0 Å². The van der Waals surface area contributed by atoms with Gasteiger partial charge in [-0.15, -0.1) is 0 Å². The Balaban J connectivity index is 2.04. The minimum absolute atomic E-state index is 0.204. The van der Waals surface area contributed by atoms with E-state index in [-0.39, 0.29) is 6.61 Å². The Labute approximate surface area is 133 Å². The van der Waals surface area contributed by atoms with Crippen LogP contribution in [0.15, 0.2) is 48.5 Å². The van der Waals surface area contributed by atoms with Crippen LogP contribution in [-0.4, -0.2) is 17.6 Å². The lowest BCUT2D eigenvalue weighted by Crippen LogP contribution is -2.25. The van der Waals surface area contributed by atoms with Crippen LogP contribution in [0.2, 0.25) is 5.02 Å². The summed E-state index contributed by atoms with van der Waals surface area (Å²) in [5.74, 6) is 0. The Kier molecular flexibility index (Phi) is 5.64. The van der Waals surface area contributed by atoms with E-state index in [0.717, 1.165) is 16.7 Å². The van der Waals surface area contributed by atoms with Crippen molar-refractivity contribution in [1.82, 2.24) is 5.23 Å². The van der Waals surface area contributed by atoms with Crippen LogP contribution >= 0.6 is 24.2 Å². The van der Waals surface area contributed by atoms with Crippen LogP contribution < -0.4 is 0 Å². The summed E-state index contributed by atoms with van der Waals surface area (Å²) >= 11 is 9.60. The summed E-state index contributed by atoms with van der Waals surface area (Å²) in [5.41, 5.74) is 2.99. The van der Waals surface area contributed by atoms with Crippen molar-refractivity contribution in [3.05, 3.63) is 59.1 Å². The quantitative estimate of drug-likeness (QED) is 0.656. The van der Waals surface area contributed by atoms with Gasteiger partial charge in [-0.3, -0.25) is 4.79 Å². The van der Waals surface area contributed by atoms with Gasteiger partial charge < -0.3 is 0 Å². The summed E-state index contributed by atoms with van der Waals surface area (Å²) in [6.45, 7) is 0.204. The number of carbonyl (C=O) groups is 1. The van der Waals surface area contributed by atoms with Crippen LogP contribution in [0.1, 0.15) is 5.56 Å². The third kappa shape index (κ3) is 4.47. The summed E-state index contributed by atoms with van der Waals surface area (Å²) in [4.78, 5) is 20.9. The molecular weight excluding hydrogens is 310 g/mol. The molecule has 110 valence electrons. The molecule has 0 radical (unpaired) electrons. The molecule has 0 atom stereocenters. The number of amides is 1. The molecule has 0 fully saturated rings. The molecule has 0 heterocycles. The maximum Gasteiger partial charge on any atom is 0.327 e. The van der Waals surface area contributed by atoms with Gasteiger partial charge in [-0.1, -0.05) is 65.9 Å². The van der Waals surface area contributed by atoms with Gasteiger partial charge in [0.25, 0.3) is 0 Å². The van der Waals surface area contributed by atoms with Crippen molar-refractivity contribution in [2.24, 2.45) is 0 Å². The molecule has 4 nitrogen and oxygen atoms in total. The first-order valence-corrected chi connectivity index (χ1v) is 6.97. The van der Waals surface area contributed by atoms with Crippen molar-refractivity contribution in [3.8, 4) is 11.1 Å². The zero-order chi connectivity index (χ0) is 15.2. The van der Waals surface area contributed by atoms with E-state index in [2.05, 4.69) is 12.6 Å². The lowest BCUT2D eigenvalue weighted by molar-refractivity contribution is -0.314. The van der Waals surface area contributed by atoms with Crippen molar-refractivity contribution in [1.29, 1.82) is 0 Å². The van der Waals surface area contributed by atoms with Gasteiger partial charge in [0.05, 0.1) is 7.11 Å². The zero-order valence-electron chi connectivity index (χ0n) is 11.3. The fraction of sp³-hybridized carbons (Fsp3) is 0.133. The van der Waals surface area contributed by atoms with Gasteiger partial charge >= 0.3 is 5.24 Å². The second-order valence-electron chi connectivity index (χ2n) is 4.20. The molecule has 2 rings (SSSR count). The number of hydroxylamine groups is 2. The maximum absolute atomic E-state index is 11.0. The highest BCUT2D eigenvalue weighted by atomic mass is 35.5. The van der Waals surface area contributed by atoms with E-state index in [0.29, 0.717) is 10.2 Å². The molecule has 0 bridgehead atoms. The molecule has 0 spiro atoms. The highest BCUT2D eigenvalue weighted by Crippen LogP contribution is 2.23. The third-order valence-corrected chi connectivity index (χ3v) is 3.18. The summed E-state index contributed by atoms with van der Waals surface area (Å²) in [6, 6.07) is 15.4. The molecule has 2 aromatic rings. The van der Waals surface area contributed by atoms with Crippen molar-refractivity contribution < 1.29 is 14.5 Å². The molecule has 0 aliphatic heterocycles. The zero-order valence-corrected chi connectivity index (χ0v) is 13.0. The number of benzene rings is 2. The first-order chi connectivity index (χ1) is 10.1. The molecule has 0 saturated heterocycles. The van der Waals surface area contributed by atoms with Gasteiger partial charge in [-0.2, -0.15) is 0 Å². The van der Waals surface area contributed by atoms with E-state index in [1.165, 1.54) is 7.11 Å². The molecule has 0 N–H and O–H groups in total. The topological polar surface area (TPSA) is 38.8 Å². The van der Waals surface area contributed by atoms with Crippen LogP contribution in [0.4, 0.5) is 4.79 Å². The largest absolute Gasteiger partial charge is 0.327 e. The maximum atomic E-state index is 11.0. The number of nitrogens with zero attached hydrogens (tertiary/aromatic N) is 1. The lowest BCUT2D eigenvalue weighted by atomic mass is 10.0. The standard InChI is InChI=1S/C15H14ClNO3S/c1-19-17(15(18)21)20-10-11-5-7-12(8-6-11)13-3-2-4-14(16)9-13/h2-9H,10H2,1H3,(H,18,21). The van der Waals surface area contributed by atoms with Crippen molar-refractivity contribution in [3.63, 3.8) is 0 Å². The average molecular weight is 324 g/mol. The van der Waals surface area contributed by atoms with E-state index < -0.39 is 5.24 Å². The van der Waals surface area contributed by atoms with Crippen molar-refractivity contribution in [2.45, 2.75) is 6.61 Å². The molecule has 1 amide bonds. The molecule has 0 aliphatic rings. The van der Waals surface area contributed by atoms with Crippen LogP contribution in [0.3, 0.4) is 0 Å². The minimum Gasteiger partial charge on any atom is -0.257 e. The van der Waals surface area contributed by atoms with Crippen molar-refractivity contribution in [2.75, 3.05) is 7.11 Å². The number of rotatable bonds is 5. The number of hydrogen-bond acceptors (Lipinski definition) is 3. The van der Waals surface area contributed by atoms with E-state index in [1.54, 1.807) is 0 Å². The van der Waals surface area contributed by atoms with Gasteiger partial charge in [0.2, 0.25) is 0 Å². The van der Waals surface area contributed by atoms with Crippen LogP contribution in [-0.2, 0) is 16.3 Å². The number of carbonyl (C=O) groups excluding carboxylic acids is 1. The Morgan fingerprint density at radius 3 is 2.48 bits per heavy atom. The van der Waals surface area contributed by atoms with Crippen LogP contribution in [0.5, 0.6) is 0 Å². The van der Waals surface area contributed by atoms with E-state index in [9.17, 15) is 4.79 Å². The molecule has 2 aromatic carbocycles. The Morgan fingerprint density at radius 2 is 1.90 bits per heavy atom. The Bertz CT molecular complexity index is 619. The molecule has 0 saturated carbocycles. The van der Waals surface area contributed by atoms with Gasteiger partial charge in [-0.25, -0.2) is 9.68 Å². The summed E-state index contributed by atoms with van der Waals surface area (Å²) in [7, 11) is 1.33. The van der Waals surface area contributed by atoms with Gasteiger partial charge in [0, 0.05) is 5.02 Å². The molecule has 0 aliphatic carbocycles. The smallest absolute Gasteiger partial charge is 0.257 e. The van der Waals surface area contributed by atoms with Crippen molar-refractivity contribution >= 4 is 29.5 Å². The van der Waals surface area contributed by atoms with Gasteiger partial charge in [0.15, 0.2) is 0 Å². The Hall–Kier alpha value is -1.53. The number of halogens is 1. The highest BCUT2D eigenvalue weighted by Gasteiger charge is 2.09. The van der Waals surface area contributed by atoms with Gasteiger partial charge in [-0.05, 0) is 28.8 Å². The van der Waals surface area contributed by atoms with E-state index in [4.69, 9.17) is 21.3 Å². The second-order valence-corrected chi connectivity index (χ2v) is 5.02. The van der Waals surface area contributed by atoms with E-state index in [1.807, 2.05) is 48.5 Å². The highest BCUT2D eigenvalue weighted by molar-refractivity contribution is 7.96. The fourth-order valence-corrected chi connectivity index (χ4v) is 2.11.